The smallest absolute Gasteiger partial charge is 0.240 e. The minimum atomic E-state index is -0.250. The first kappa shape index (κ1) is 18.3. The van der Waals surface area contributed by atoms with Gasteiger partial charge in [0.2, 0.25) is 11.8 Å². The second kappa shape index (κ2) is 8.18. The number of hydrogen-bond donors (Lipinski definition) is 1. The van der Waals surface area contributed by atoms with Crippen LogP contribution in [0.3, 0.4) is 0 Å². The Balaban J connectivity index is 2.05. The molecule has 24 heavy (non-hydrogen) atoms. The number of hydrogen-bond acceptors (Lipinski definition) is 2. The molecule has 0 saturated carbocycles. The van der Waals surface area contributed by atoms with Crippen LogP contribution in [0.2, 0.25) is 10.0 Å². The fourth-order valence-corrected chi connectivity index (χ4v) is 2.55. The molecule has 4 nitrogen and oxygen atoms in total. The van der Waals surface area contributed by atoms with Crippen LogP contribution >= 0.6 is 23.2 Å². The van der Waals surface area contributed by atoms with E-state index in [-0.39, 0.29) is 18.4 Å². The maximum Gasteiger partial charge on any atom is 0.240 e. The maximum atomic E-state index is 12.2. The van der Waals surface area contributed by atoms with Crippen molar-refractivity contribution in [2.45, 2.75) is 20.4 Å². The molecule has 2 aromatic carbocycles. The van der Waals surface area contributed by atoms with Gasteiger partial charge in [-0.05, 0) is 42.3 Å². The summed E-state index contributed by atoms with van der Waals surface area (Å²) in [7, 11) is 0. The molecule has 1 N–H and O–H groups in total. The van der Waals surface area contributed by atoms with Crippen molar-refractivity contribution < 1.29 is 9.59 Å². The second-order valence-corrected chi connectivity index (χ2v) is 6.24. The van der Waals surface area contributed by atoms with E-state index in [0.29, 0.717) is 22.3 Å². The largest absolute Gasteiger partial charge is 0.350 e. The maximum absolute atomic E-state index is 12.2. The second-order valence-electron chi connectivity index (χ2n) is 5.39. The first-order valence-electron chi connectivity index (χ1n) is 7.43. The van der Waals surface area contributed by atoms with Gasteiger partial charge in [0.25, 0.3) is 0 Å². The van der Waals surface area contributed by atoms with E-state index in [2.05, 4.69) is 5.32 Å². The Morgan fingerprint density at radius 1 is 1.08 bits per heavy atom. The molecule has 0 atom stereocenters. The molecule has 0 unspecified atom stereocenters. The van der Waals surface area contributed by atoms with E-state index in [4.69, 9.17) is 23.2 Å². The van der Waals surface area contributed by atoms with E-state index in [9.17, 15) is 9.59 Å². The minimum Gasteiger partial charge on any atom is -0.350 e. The zero-order valence-electron chi connectivity index (χ0n) is 13.5. The fraction of sp³-hybridized carbons (Fsp3) is 0.222. The van der Waals surface area contributed by atoms with Gasteiger partial charge < -0.3 is 10.2 Å². The van der Waals surface area contributed by atoms with Crippen LogP contribution in [0.5, 0.6) is 0 Å². The van der Waals surface area contributed by atoms with Crippen molar-refractivity contribution in [3.8, 4) is 0 Å². The Hall–Kier alpha value is -2.04. The van der Waals surface area contributed by atoms with Crippen LogP contribution in [0.1, 0.15) is 18.1 Å². The van der Waals surface area contributed by atoms with Crippen LogP contribution in [0, 0.1) is 6.92 Å². The Labute approximate surface area is 151 Å². The third kappa shape index (κ3) is 4.73. The molecule has 0 aliphatic rings. The van der Waals surface area contributed by atoms with E-state index < -0.39 is 0 Å². The molecule has 126 valence electrons. The average molecular weight is 365 g/mol. The summed E-state index contributed by atoms with van der Waals surface area (Å²) in [6, 6.07) is 12.5. The van der Waals surface area contributed by atoms with Gasteiger partial charge in [-0.3, -0.25) is 9.59 Å². The van der Waals surface area contributed by atoms with Crippen molar-refractivity contribution in [2.75, 3.05) is 11.4 Å². The van der Waals surface area contributed by atoms with Crippen LogP contribution in [-0.2, 0) is 16.1 Å². The van der Waals surface area contributed by atoms with Crippen LogP contribution in [0.15, 0.2) is 42.5 Å². The van der Waals surface area contributed by atoms with E-state index >= 15 is 0 Å². The zero-order chi connectivity index (χ0) is 17.7. The van der Waals surface area contributed by atoms with Crippen molar-refractivity contribution in [1.29, 1.82) is 0 Å². The number of rotatable bonds is 5. The predicted octanol–water partition coefficient (Wildman–Crippen LogP) is 3.97. The lowest BCUT2D eigenvalue weighted by Gasteiger charge is -2.23. The normalized spacial score (nSPS) is 10.3. The van der Waals surface area contributed by atoms with Crippen LogP contribution in [0.25, 0.3) is 0 Å². The van der Waals surface area contributed by atoms with Gasteiger partial charge in [-0.25, -0.2) is 0 Å². The highest BCUT2D eigenvalue weighted by Gasteiger charge is 2.18. The lowest BCUT2D eigenvalue weighted by molar-refractivity contribution is -0.123. The van der Waals surface area contributed by atoms with Gasteiger partial charge in [0, 0.05) is 29.2 Å². The first-order chi connectivity index (χ1) is 11.4. The van der Waals surface area contributed by atoms with E-state index in [1.165, 1.54) is 11.8 Å². The van der Waals surface area contributed by atoms with Gasteiger partial charge in [0.05, 0.1) is 0 Å². The summed E-state index contributed by atoms with van der Waals surface area (Å²) in [4.78, 5) is 25.6. The molecule has 0 heterocycles. The number of nitrogens with zero attached hydrogens (tertiary/aromatic N) is 1. The lowest BCUT2D eigenvalue weighted by atomic mass is 10.1. The van der Waals surface area contributed by atoms with Crippen molar-refractivity contribution in [1.82, 2.24) is 5.32 Å². The van der Waals surface area contributed by atoms with Crippen LogP contribution < -0.4 is 10.2 Å². The highest BCUT2D eigenvalue weighted by molar-refractivity contribution is 6.31. The van der Waals surface area contributed by atoms with Gasteiger partial charge >= 0.3 is 0 Å². The average Bonchev–Trinajstić information content (AvgIpc) is 2.55. The van der Waals surface area contributed by atoms with Crippen LogP contribution in [-0.4, -0.2) is 18.4 Å². The summed E-state index contributed by atoms with van der Waals surface area (Å²) >= 11 is 11.9. The summed E-state index contributed by atoms with van der Waals surface area (Å²) in [5.74, 6) is -0.471. The highest BCUT2D eigenvalue weighted by atomic mass is 35.5. The van der Waals surface area contributed by atoms with Gasteiger partial charge in [0.1, 0.15) is 6.54 Å². The number of carbonyl (C=O) groups excluding carboxylic acids is 2. The van der Waals surface area contributed by atoms with Gasteiger partial charge in [-0.2, -0.15) is 0 Å². The molecule has 6 heteroatoms. The van der Waals surface area contributed by atoms with Crippen molar-refractivity contribution >= 4 is 40.7 Å². The van der Waals surface area contributed by atoms with Crippen molar-refractivity contribution in [3.63, 3.8) is 0 Å². The number of amides is 2. The number of benzene rings is 2. The fourth-order valence-electron chi connectivity index (χ4n) is 2.26. The van der Waals surface area contributed by atoms with Gasteiger partial charge in [0.15, 0.2) is 0 Å². The summed E-state index contributed by atoms with van der Waals surface area (Å²) in [5.41, 5.74) is 2.33. The molecule has 2 rings (SSSR count). The molecular weight excluding hydrogens is 347 g/mol. The molecule has 0 spiro atoms. The summed E-state index contributed by atoms with van der Waals surface area (Å²) in [5, 5.41) is 4.00. The molecule has 0 aliphatic carbocycles. The zero-order valence-corrected chi connectivity index (χ0v) is 15.0. The topological polar surface area (TPSA) is 49.4 Å². The Kier molecular flexibility index (Phi) is 6.23. The number of anilines is 1. The lowest BCUT2D eigenvalue weighted by Crippen LogP contribution is -2.40. The van der Waals surface area contributed by atoms with E-state index in [1.54, 1.807) is 30.3 Å². The Morgan fingerprint density at radius 3 is 2.38 bits per heavy atom. The van der Waals surface area contributed by atoms with Crippen molar-refractivity contribution in [3.05, 3.63) is 63.6 Å². The molecule has 0 fully saturated rings. The van der Waals surface area contributed by atoms with Crippen molar-refractivity contribution in [2.24, 2.45) is 0 Å². The van der Waals surface area contributed by atoms with E-state index in [0.717, 1.165) is 11.1 Å². The van der Waals surface area contributed by atoms with E-state index in [1.807, 2.05) is 19.1 Å². The number of halogens is 2. The molecule has 2 amide bonds. The quantitative estimate of drug-likeness (QED) is 0.872. The molecule has 0 saturated heterocycles. The summed E-state index contributed by atoms with van der Waals surface area (Å²) in [6.07, 6.45) is 0. The molecule has 2 aromatic rings. The predicted molar refractivity (Wildman–Crippen MR) is 97.5 cm³/mol. The molecular formula is C18H18Cl2N2O2. The van der Waals surface area contributed by atoms with Gasteiger partial charge in [-0.15, -0.1) is 0 Å². The molecule has 0 bridgehead atoms. The summed E-state index contributed by atoms with van der Waals surface area (Å²) in [6.45, 7) is 3.55. The SMILES string of the molecule is CC(=O)N(CC(=O)NCc1ccc(Cl)cc1)c1cccc(Cl)c1C. The highest BCUT2D eigenvalue weighted by Crippen LogP contribution is 2.26. The first-order valence-corrected chi connectivity index (χ1v) is 8.18. The number of nitrogens with one attached hydrogen (secondary N) is 1. The number of carbonyl (C=O) groups is 2. The third-order valence-corrected chi connectivity index (χ3v) is 4.28. The minimum absolute atomic E-state index is 0.0654. The van der Waals surface area contributed by atoms with Gasteiger partial charge in [-0.1, -0.05) is 41.4 Å². The third-order valence-electron chi connectivity index (χ3n) is 3.61. The Bertz CT molecular complexity index is 745. The summed E-state index contributed by atoms with van der Waals surface area (Å²) < 4.78 is 0. The monoisotopic (exact) mass is 364 g/mol. The standard InChI is InChI=1S/C18H18Cl2N2O2/c1-12-16(20)4-3-5-17(12)22(13(2)23)11-18(24)21-10-14-6-8-15(19)9-7-14/h3-9H,10-11H2,1-2H3,(H,21,24). The molecule has 0 aliphatic heterocycles. The Morgan fingerprint density at radius 2 is 1.75 bits per heavy atom. The molecule has 0 radical (unpaired) electrons. The van der Waals surface area contributed by atoms with Crippen LogP contribution in [0.4, 0.5) is 5.69 Å². The molecule has 0 aromatic heterocycles.